The van der Waals surface area contributed by atoms with Crippen molar-refractivity contribution in [2.45, 2.75) is 57.5 Å². The molecule has 3 rings (SSSR count). The molecule has 0 aliphatic heterocycles. The number of carbonyl (C=O) groups excluding carboxylic acids is 1. The van der Waals surface area contributed by atoms with Crippen LogP contribution in [0.25, 0.3) is 0 Å². The molecule has 0 radical (unpaired) electrons. The second-order valence-corrected chi connectivity index (χ2v) is 7.54. The number of hydrogen-bond donors (Lipinski definition) is 1. The molecular formula is C19H24ClNO3. The lowest BCUT2D eigenvalue weighted by Crippen LogP contribution is -2.46. The zero-order valence-corrected chi connectivity index (χ0v) is 14.5. The Morgan fingerprint density at radius 1 is 1.17 bits per heavy atom. The van der Waals surface area contributed by atoms with Crippen molar-refractivity contribution in [3.05, 3.63) is 34.9 Å². The van der Waals surface area contributed by atoms with Crippen molar-refractivity contribution in [2.24, 2.45) is 11.8 Å². The maximum atomic E-state index is 13.0. The van der Waals surface area contributed by atoms with Gasteiger partial charge in [0.05, 0.1) is 0 Å². The number of carboxylic acids is 1. The Hall–Kier alpha value is -1.55. The summed E-state index contributed by atoms with van der Waals surface area (Å²) >= 11 is 6.28. The number of hydrogen-bond acceptors (Lipinski definition) is 2. The predicted molar refractivity (Wildman–Crippen MR) is 92.7 cm³/mol. The van der Waals surface area contributed by atoms with Crippen molar-refractivity contribution < 1.29 is 14.7 Å². The van der Waals surface area contributed by atoms with E-state index in [1.807, 2.05) is 29.2 Å². The summed E-state index contributed by atoms with van der Waals surface area (Å²) in [6.45, 7) is 0.559. The molecule has 0 spiro atoms. The van der Waals surface area contributed by atoms with E-state index in [0.717, 1.165) is 18.4 Å². The Morgan fingerprint density at radius 2 is 1.83 bits per heavy atom. The number of halogens is 1. The molecule has 0 unspecified atom stereocenters. The monoisotopic (exact) mass is 349 g/mol. The van der Waals surface area contributed by atoms with Crippen LogP contribution in [0, 0.1) is 11.8 Å². The first-order valence-electron chi connectivity index (χ1n) is 8.80. The number of aliphatic carboxylic acids is 1. The Kier molecular flexibility index (Phi) is 5.44. The average Bonchev–Trinajstić information content (AvgIpc) is 3.03. The van der Waals surface area contributed by atoms with E-state index in [4.69, 9.17) is 16.7 Å². The van der Waals surface area contributed by atoms with Crippen molar-refractivity contribution in [3.63, 3.8) is 0 Å². The fourth-order valence-corrected chi connectivity index (χ4v) is 4.19. The highest BCUT2D eigenvalue weighted by Crippen LogP contribution is 2.39. The molecule has 4 nitrogen and oxygen atoms in total. The van der Waals surface area contributed by atoms with Crippen molar-refractivity contribution in [1.82, 2.24) is 4.90 Å². The molecule has 2 fully saturated rings. The first-order valence-corrected chi connectivity index (χ1v) is 9.18. The summed E-state index contributed by atoms with van der Waals surface area (Å²) in [7, 11) is 0. The molecule has 0 bridgehead atoms. The van der Waals surface area contributed by atoms with E-state index in [1.54, 1.807) is 0 Å². The summed E-state index contributed by atoms with van der Waals surface area (Å²) in [4.78, 5) is 25.8. The lowest BCUT2D eigenvalue weighted by molar-refractivity contribution is -0.147. The second kappa shape index (κ2) is 7.56. The number of rotatable bonds is 6. The molecule has 2 aliphatic carbocycles. The smallest absolute Gasteiger partial charge is 0.303 e. The van der Waals surface area contributed by atoms with E-state index in [1.165, 1.54) is 12.8 Å². The van der Waals surface area contributed by atoms with Crippen LogP contribution in [0.2, 0.25) is 5.02 Å². The normalized spacial score (nSPS) is 23.7. The fourth-order valence-electron chi connectivity index (χ4n) is 4.00. The maximum absolute atomic E-state index is 13.0. The highest BCUT2D eigenvalue weighted by molar-refractivity contribution is 6.31. The summed E-state index contributed by atoms with van der Waals surface area (Å²) < 4.78 is 0. The van der Waals surface area contributed by atoms with Crippen molar-refractivity contribution in [3.8, 4) is 0 Å². The van der Waals surface area contributed by atoms with Gasteiger partial charge in [-0.1, -0.05) is 42.6 Å². The third-order valence-corrected chi connectivity index (χ3v) is 5.76. The highest BCUT2D eigenvalue weighted by Gasteiger charge is 2.39. The van der Waals surface area contributed by atoms with Crippen molar-refractivity contribution >= 4 is 23.5 Å². The molecule has 130 valence electrons. The van der Waals surface area contributed by atoms with Gasteiger partial charge < -0.3 is 10.0 Å². The van der Waals surface area contributed by atoms with Gasteiger partial charge >= 0.3 is 5.97 Å². The van der Waals surface area contributed by atoms with Gasteiger partial charge in [0.15, 0.2) is 0 Å². The topological polar surface area (TPSA) is 57.6 Å². The van der Waals surface area contributed by atoms with Gasteiger partial charge in [-0.15, -0.1) is 0 Å². The van der Waals surface area contributed by atoms with E-state index in [0.29, 0.717) is 30.5 Å². The molecule has 1 amide bonds. The molecule has 1 N–H and O–H groups in total. The predicted octanol–water partition coefficient (Wildman–Crippen LogP) is 4.11. The Morgan fingerprint density at radius 3 is 2.46 bits per heavy atom. The molecule has 24 heavy (non-hydrogen) atoms. The van der Waals surface area contributed by atoms with Crippen molar-refractivity contribution in [1.29, 1.82) is 0 Å². The number of benzene rings is 1. The van der Waals surface area contributed by atoms with Gasteiger partial charge in [-0.25, -0.2) is 0 Å². The first-order chi connectivity index (χ1) is 11.5. The Labute approximate surface area is 147 Å². The summed E-state index contributed by atoms with van der Waals surface area (Å²) in [5.74, 6) is -0.447. The minimum Gasteiger partial charge on any atom is -0.481 e. The number of carboxylic acid groups (broad SMARTS) is 1. The van der Waals surface area contributed by atoms with E-state index in [-0.39, 0.29) is 24.2 Å². The molecule has 0 heterocycles. The van der Waals surface area contributed by atoms with E-state index in [2.05, 4.69) is 0 Å². The molecule has 0 saturated heterocycles. The second-order valence-electron chi connectivity index (χ2n) is 7.13. The third kappa shape index (κ3) is 3.92. The zero-order valence-electron chi connectivity index (χ0n) is 13.8. The average molecular weight is 350 g/mol. The third-order valence-electron chi connectivity index (χ3n) is 5.40. The van der Waals surface area contributed by atoms with E-state index < -0.39 is 5.97 Å². The summed E-state index contributed by atoms with van der Waals surface area (Å²) in [5, 5.41) is 9.57. The van der Waals surface area contributed by atoms with Crippen LogP contribution in [-0.4, -0.2) is 27.9 Å². The minimum atomic E-state index is -0.769. The van der Waals surface area contributed by atoms with Crippen molar-refractivity contribution in [2.75, 3.05) is 0 Å². The van der Waals surface area contributed by atoms with Crippen LogP contribution in [0.15, 0.2) is 24.3 Å². The van der Waals surface area contributed by atoms with Gasteiger partial charge in [-0.05, 0) is 43.2 Å². The van der Waals surface area contributed by atoms with Crippen LogP contribution in [-0.2, 0) is 16.1 Å². The molecule has 5 heteroatoms. The number of nitrogens with zero attached hydrogens (tertiary/aromatic N) is 1. The van der Waals surface area contributed by atoms with Crippen LogP contribution < -0.4 is 0 Å². The van der Waals surface area contributed by atoms with Gasteiger partial charge in [-0.3, -0.25) is 9.59 Å². The van der Waals surface area contributed by atoms with E-state index >= 15 is 0 Å². The largest absolute Gasteiger partial charge is 0.481 e. The maximum Gasteiger partial charge on any atom is 0.303 e. The zero-order chi connectivity index (χ0) is 17.1. The van der Waals surface area contributed by atoms with Gasteiger partial charge in [-0.2, -0.15) is 0 Å². The fraction of sp³-hybridized carbons (Fsp3) is 0.579. The number of amides is 1. The lowest BCUT2D eigenvalue weighted by Gasteiger charge is -2.39. The molecule has 0 atom stereocenters. The Bertz CT molecular complexity index is 606. The Balaban J connectivity index is 1.68. The van der Waals surface area contributed by atoms with Gasteiger partial charge in [0.2, 0.25) is 5.91 Å². The van der Waals surface area contributed by atoms with Crippen LogP contribution in [0.5, 0.6) is 0 Å². The molecule has 1 aromatic carbocycles. The van der Waals surface area contributed by atoms with Crippen LogP contribution in [0.1, 0.15) is 50.5 Å². The standard InChI is InChI=1S/C19H24ClNO3/c20-17-8-4-1-5-14(17)12-21(16-6-2-3-7-16)19(24)15-9-13(10-15)11-18(22)23/h1,4-5,8,13,15-16H,2-3,6-7,9-12H2,(H,22,23). The number of carbonyl (C=O) groups is 2. The van der Waals surface area contributed by atoms with Gasteiger partial charge in [0.1, 0.15) is 0 Å². The van der Waals surface area contributed by atoms with Crippen LogP contribution in [0.3, 0.4) is 0 Å². The molecule has 2 aliphatic rings. The van der Waals surface area contributed by atoms with Crippen LogP contribution in [0.4, 0.5) is 0 Å². The molecule has 0 aromatic heterocycles. The quantitative estimate of drug-likeness (QED) is 0.840. The highest BCUT2D eigenvalue weighted by atomic mass is 35.5. The summed E-state index contributed by atoms with van der Waals surface area (Å²) in [6.07, 6.45) is 6.04. The van der Waals surface area contributed by atoms with Gasteiger partial charge in [0, 0.05) is 29.9 Å². The van der Waals surface area contributed by atoms with Gasteiger partial charge in [0.25, 0.3) is 0 Å². The summed E-state index contributed by atoms with van der Waals surface area (Å²) in [6, 6.07) is 7.99. The minimum absolute atomic E-state index is 0.0163. The molecule has 1 aromatic rings. The molecular weight excluding hydrogens is 326 g/mol. The molecule has 2 saturated carbocycles. The lowest BCUT2D eigenvalue weighted by atomic mass is 9.72. The SMILES string of the molecule is O=C(O)CC1CC(C(=O)N(Cc2ccccc2Cl)C2CCCC2)C1. The van der Waals surface area contributed by atoms with E-state index in [9.17, 15) is 9.59 Å². The van der Waals surface area contributed by atoms with Crippen LogP contribution >= 0.6 is 11.6 Å². The first kappa shape index (κ1) is 17.3. The summed E-state index contributed by atoms with van der Waals surface area (Å²) in [5.41, 5.74) is 0.987.